The Morgan fingerprint density at radius 3 is 2.57 bits per heavy atom. The quantitative estimate of drug-likeness (QED) is 0.263. The van der Waals surface area contributed by atoms with Gasteiger partial charge >= 0.3 is 0 Å². The normalized spacial score (nSPS) is 11.6. The number of pyridine rings is 1. The van der Waals surface area contributed by atoms with Gasteiger partial charge in [0.2, 0.25) is 15.7 Å². The Bertz CT molecular complexity index is 1220. The van der Waals surface area contributed by atoms with Crippen molar-refractivity contribution in [3.05, 3.63) is 59.9 Å². The molecule has 0 aliphatic carbocycles. The second kappa shape index (κ2) is 8.72. The molecule has 2 heterocycles. The zero-order valence-corrected chi connectivity index (χ0v) is 19.0. The maximum absolute atomic E-state index is 13.3. The third kappa shape index (κ3) is 4.33. The number of anilines is 1. The highest BCUT2D eigenvalue weighted by Crippen LogP contribution is 2.36. The summed E-state index contributed by atoms with van der Waals surface area (Å²) in [5.74, 6) is -0.794. The van der Waals surface area contributed by atoms with Crippen molar-refractivity contribution < 1.29 is 22.0 Å². The molecule has 0 unspecified atom stereocenters. The second-order valence-corrected chi connectivity index (χ2v) is 9.22. The first-order chi connectivity index (χ1) is 14.2. The number of nitrogens with zero attached hydrogens (tertiary/aromatic N) is 2. The van der Waals surface area contributed by atoms with Crippen molar-refractivity contribution in [3.63, 3.8) is 0 Å². The van der Waals surface area contributed by atoms with E-state index < -0.39 is 21.7 Å². The summed E-state index contributed by atoms with van der Waals surface area (Å²) in [6.45, 7) is 3.80. The van der Waals surface area contributed by atoms with Gasteiger partial charge in [-0.25, -0.2) is 12.8 Å². The van der Waals surface area contributed by atoms with Gasteiger partial charge in [-0.1, -0.05) is 28.7 Å². The maximum atomic E-state index is 13.3. The number of carbonyl (C=O) groups is 1. The van der Waals surface area contributed by atoms with Crippen molar-refractivity contribution in [2.45, 2.75) is 10.8 Å². The highest BCUT2D eigenvalue weighted by Gasteiger charge is 2.26. The molecule has 0 bridgehead atoms. The molecule has 158 valence electrons. The number of amides is 1. The van der Waals surface area contributed by atoms with Crippen molar-refractivity contribution in [3.8, 4) is 11.3 Å². The van der Waals surface area contributed by atoms with Crippen LogP contribution in [0.1, 0.15) is 22.3 Å². The number of rotatable bonds is 8. The van der Waals surface area contributed by atoms with Crippen LogP contribution in [0.3, 0.4) is 0 Å². The van der Waals surface area contributed by atoms with E-state index in [4.69, 9.17) is 10.2 Å². The van der Waals surface area contributed by atoms with E-state index in [1.165, 1.54) is 28.6 Å². The molecule has 0 fully saturated rings. The lowest BCUT2D eigenvalue weighted by molar-refractivity contribution is 0.100. The maximum Gasteiger partial charge on any atom is 0.253 e. The van der Waals surface area contributed by atoms with Crippen LogP contribution >= 0.6 is 22.6 Å². The Labute approximate surface area is 186 Å². The average Bonchev–Trinajstić information content (AvgIpc) is 3.05. The average molecular weight is 543 g/mol. The minimum absolute atomic E-state index is 0.0685. The molecule has 0 aliphatic rings. The van der Waals surface area contributed by atoms with E-state index in [0.29, 0.717) is 27.4 Å². The Morgan fingerprint density at radius 1 is 1.37 bits per heavy atom. The van der Waals surface area contributed by atoms with Crippen molar-refractivity contribution in [1.29, 1.82) is 0 Å². The Balaban J connectivity index is 2.29. The van der Waals surface area contributed by atoms with Crippen LogP contribution in [0.5, 0.6) is 0 Å². The summed E-state index contributed by atoms with van der Waals surface area (Å²) >= 11 is 2.09. The van der Waals surface area contributed by atoms with Crippen LogP contribution in [-0.2, 0) is 14.5 Å². The van der Waals surface area contributed by atoms with Gasteiger partial charge in [-0.15, -0.1) is 6.58 Å². The molecular weight excluding hydrogens is 524 g/mol. The highest BCUT2D eigenvalue weighted by atomic mass is 127. The number of furan rings is 1. The topological polar surface area (TPSA) is 106 Å². The minimum atomic E-state index is -3.62. The number of hydrogen-bond donors (Lipinski definition) is 1. The van der Waals surface area contributed by atoms with Crippen LogP contribution in [0.2, 0.25) is 0 Å². The molecule has 0 radical (unpaired) electrons. The number of benzene rings is 1. The molecule has 1 aromatic carbocycles. The Hall–Kier alpha value is -2.47. The van der Waals surface area contributed by atoms with Gasteiger partial charge in [-0.2, -0.15) is 4.98 Å². The van der Waals surface area contributed by atoms with E-state index >= 15 is 0 Å². The summed E-state index contributed by atoms with van der Waals surface area (Å²) in [4.78, 5) is 16.6. The number of halogens is 2. The van der Waals surface area contributed by atoms with E-state index in [1.807, 2.05) is 0 Å². The van der Waals surface area contributed by atoms with E-state index in [-0.39, 0.29) is 29.4 Å². The molecule has 3 rings (SSSR count). The smallest absolute Gasteiger partial charge is 0.253 e. The van der Waals surface area contributed by atoms with Gasteiger partial charge in [0.1, 0.15) is 17.4 Å². The van der Waals surface area contributed by atoms with Gasteiger partial charge in [0.05, 0.1) is 17.2 Å². The van der Waals surface area contributed by atoms with Gasteiger partial charge in [-0.3, -0.25) is 9.10 Å². The predicted molar refractivity (Wildman–Crippen MR) is 123 cm³/mol. The Kier molecular flexibility index (Phi) is 6.46. The van der Waals surface area contributed by atoms with Crippen LogP contribution in [0.4, 0.5) is 10.2 Å². The third-order valence-corrected chi connectivity index (χ3v) is 6.39. The number of sulfonamides is 1. The van der Waals surface area contributed by atoms with Gasteiger partial charge < -0.3 is 10.2 Å². The van der Waals surface area contributed by atoms with Crippen molar-refractivity contribution >= 4 is 55.4 Å². The molecule has 2 N–H and O–H groups in total. The van der Waals surface area contributed by atoms with Gasteiger partial charge in [0.25, 0.3) is 5.91 Å². The standard InChI is InChI=1S/C20H19FIN3O4S/c1-3-4-9-25(30(2,27)28)19-13(11-22)10-15-16(18(23)26)17(29-20(15)24-19)12-5-7-14(21)8-6-12/h3,5-8,10H,1,4,9,11H2,2H3,(H2,23,26). The molecule has 0 atom stereocenters. The fourth-order valence-corrected chi connectivity index (χ4v) is 4.53. The van der Waals surface area contributed by atoms with Crippen LogP contribution in [0.25, 0.3) is 22.4 Å². The van der Waals surface area contributed by atoms with Gasteiger partial charge in [-0.05, 0) is 36.8 Å². The summed E-state index contributed by atoms with van der Waals surface area (Å²) in [7, 11) is -3.62. The molecule has 0 spiro atoms. The molecule has 7 nitrogen and oxygen atoms in total. The van der Waals surface area contributed by atoms with E-state index in [2.05, 4.69) is 34.2 Å². The largest absolute Gasteiger partial charge is 0.437 e. The highest BCUT2D eigenvalue weighted by molar-refractivity contribution is 14.1. The molecule has 3 aromatic rings. The SMILES string of the molecule is C=CCCN(c1nc2oc(-c3ccc(F)cc3)c(C(N)=O)c2cc1CI)S(C)(=O)=O. The first-order valence-corrected chi connectivity index (χ1v) is 12.2. The Morgan fingerprint density at radius 2 is 2.03 bits per heavy atom. The van der Waals surface area contributed by atoms with E-state index in [1.54, 1.807) is 12.1 Å². The number of alkyl halides is 1. The zero-order chi connectivity index (χ0) is 22.1. The number of aromatic nitrogens is 1. The lowest BCUT2D eigenvalue weighted by atomic mass is 10.0. The van der Waals surface area contributed by atoms with Crippen LogP contribution in [0.15, 0.2) is 47.4 Å². The number of hydrogen-bond acceptors (Lipinski definition) is 5. The summed E-state index contributed by atoms with van der Waals surface area (Å²) in [5.41, 5.74) is 6.83. The first kappa shape index (κ1) is 22.2. The first-order valence-electron chi connectivity index (χ1n) is 8.84. The second-order valence-electron chi connectivity index (χ2n) is 6.55. The third-order valence-electron chi connectivity index (χ3n) is 4.41. The number of nitrogens with two attached hydrogens (primary N) is 1. The molecule has 30 heavy (non-hydrogen) atoms. The monoisotopic (exact) mass is 543 g/mol. The molecule has 0 saturated heterocycles. The van der Waals surface area contributed by atoms with Gasteiger partial charge in [0, 0.05) is 22.1 Å². The fraction of sp³-hybridized carbons (Fsp3) is 0.200. The van der Waals surface area contributed by atoms with Crippen LogP contribution in [0, 0.1) is 5.82 Å². The fourth-order valence-electron chi connectivity index (χ4n) is 3.06. The number of fused-ring (bicyclic) bond motifs is 1. The zero-order valence-electron chi connectivity index (χ0n) is 16.1. The summed E-state index contributed by atoms with van der Waals surface area (Å²) in [6.07, 6.45) is 3.14. The predicted octanol–water partition coefficient (Wildman–Crippen LogP) is 4.01. The van der Waals surface area contributed by atoms with Crippen molar-refractivity contribution in [2.24, 2.45) is 5.73 Å². The van der Waals surface area contributed by atoms with E-state index in [0.717, 1.165) is 6.26 Å². The van der Waals surface area contributed by atoms with E-state index in [9.17, 15) is 17.6 Å². The van der Waals surface area contributed by atoms with Crippen molar-refractivity contribution in [1.82, 2.24) is 4.98 Å². The molecule has 10 heteroatoms. The molecular formula is C20H19FIN3O4S. The summed E-state index contributed by atoms with van der Waals surface area (Å²) < 4.78 is 45.5. The lowest BCUT2D eigenvalue weighted by Crippen LogP contribution is -2.32. The molecule has 0 aliphatic heterocycles. The summed E-state index contributed by atoms with van der Waals surface area (Å²) in [6, 6.07) is 7.07. The lowest BCUT2D eigenvalue weighted by Gasteiger charge is -2.22. The number of carbonyl (C=O) groups excluding carboxylic acids is 1. The minimum Gasteiger partial charge on any atom is -0.437 e. The molecule has 1 amide bonds. The van der Waals surface area contributed by atoms with Crippen molar-refractivity contribution in [2.75, 3.05) is 17.1 Å². The van der Waals surface area contributed by atoms with Crippen LogP contribution in [-0.4, -0.2) is 32.1 Å². The van der Waals surface area contributed by atoms with Gasteiger partial charge in [0.15, 0.2) is 0 Å². The van der Waals surface area contributed by atoms with Crippen LogP contribution < -0.4 is 10.0 Å². The summed E-state index contributed by atoms with van der Waals surface area (Å²) in [5, 5.41) is 0.370. The molecule has 2 aromatic heterocycles. The molecule has 0 saturated carbocycles. The number of primary amides is 1.